The van der Waals surface area contributed by atoms with E-state index in [-0.39, 0.29) is 17.8 Å². The average Bonchev–Trinajstić information content (AvgIpc) is 2.72. The normalized spacial score (nSPS) is 16.7. The van der Waals surface area contributed by atoms with Crippen LogP contribution in [-0.4, -0.2) is 33.5 Å². The molecule has 2 aromatic rings. The number of amides is 2. The number of carbonyl (C=O) groups excluding carboxylic acids is 1. The molecule has 1 aliphatic rings. The van der Waals surface area contributed by atoms with Crippen LogP contribution in [-0.2, 0) is 20.0 Å². The Morgan fingerprint density at radius 1 is 1.40 bits per heavy atom. The molecule has 0 saturated carbocycles. The maximum Gasteiger partial charge on any atom is 0.345 e. The van der Waals surface area contributed by atoms with Gasteiger partial charge in [-0.2, -0.15) is 5.10 Å². The lowest BCUT2D eigenvalue weighted by atomic mass is 10.1. The second-order valence-electron chi connectivity index (χ2n) is 5.94. The maximum absolute atomic E-state index is 12.3. The molecule has 1 atom stereocenters. The predicted octanol–water partition coefficient (Wildman–Crippen LogP) is 1.77. The predicted molar refractivity (Wildman–Crippen MR) is 94.4 cm³/mol. The summed E-state index contributed by atoms with van der Waals surface area (Å²) in [6.07, 6.45) is 2.02. The molecule has 3 rings (SSSR count). The molecule has 2 amide bonds. The Bertz CT molecular complexity index is 845. The van der Waals surface area contributed by atoms with E-state index in [2.05, 4.69) is 15.7 Å². The molecule has 1 aromatic carbocycles. The van der Waals surface area contributed by atoms with E-state index in [9.17, 15) is 9.59 Å². The van der Waals surface area contributed by atoms with Gasteiger partial charge in [-0.1, -0.05) is 11.6 Å². The van der Waals surface area contributed by atoms with Gasteiger partial charge in [0.1, 0.15) is 11.6 Å². The van der Waals surface area contributed by atoms with Crippen molar-refractivity contribution in [3.05, 3.63) is 39.5 Å². The van der Waals surface area contributed by atoms with E-state index >= 15 is 0 Å². The summed E-state index contributed by atoms with van der Waals surface area (Å²) in [4.78, 5) is 24.3. The van der Waals surface area contributed by atoms with Gasteiger partial charge < -0.3 is 15.4 Å². The number of aryl methyl sites for hydroxylation is 2. The lowest BCUT2D eigenvalue weighted by molar-refractivity contribution is 0.246. The molecule has 2 N–H and O–H groups in total. The lowest BCUT2D eigenvalue weighted by Crippen LogP contribution is -2.38. The molecule has 9 heteroatoms. The summed E-state index contributed by atoms with van der Waals surface area (Å²) in [5.41, 5.74) is 0.381. The van der Waals surface area contributed by atoms with Crippen molar-refractivity contribution in [2.45, 2.75) is 31.8 Å². The number of ether oxygens (including phenoxy) is 1. The highest BCUT2D eigenvalue weighted by Crippen LogP contribution is 2.27. The Balaban J connectivity index is 1.63. The van der Waals surface area contributed by atoms with Crippen LogP contribution in [0.1, 0.15) is 18.7 Å². The highest BCUT2D eigenvalue weighted by atomic mass is 35.5. The van der Waals surface area contributed by atoms with E-state index in [0.717, 1.165) is 12.2 Å². The van der Waals surface area contributed by atoms with Crippen molar-refractivity contribution in [2.24, 2.45) is 7.05 Å². The monoisotopic (exact) mass is 365 g/mol. The highest BCUT2D eigenvalue weighted by Gasteiger charge is 2.21. The number of rotatable bonds is 3. The molecule has 0 bridgehead atoms. The molecule has 0 saturated heterocycles. The number of methoxy groups -OCH3 is 1. The molecular formula is C16H20ClN5O3. The maximum atomic E-state index is 12.3. The minimum atomic E-state index is -0.335. The van der Waals surface area contributed by atoms with Crippen molar-refractivity contribution < 1.29 is 9.53 Å². The summed E-state index contributed by atoms with van der Waals surface area (Å²) in [7, 11) is 3.17. The van der Waals surface area contributed by atoms with Gasteiger partial charge in [-0.25, -0.2) is 14.3 Å². The van der Waals surface area contributed by atoms with E-state index in [4.69, 9.17) is 16.3 Å². The molecule has 1 aliphatic heterocycles. The van der Waals surface area contributed by atoms with Crippen LogP contribution < -0.4 is 21.1 Å². The van der Waals surface area contributed by atoms with Crippen molar-refractivity contribution >= 4 is 23.3 Å². The van der Waals surface area contributed by atoms with Gasteiger partial charge in [0, 0.05) is 31.1 Å². The fraction of sp³-hybridized carbons (Fsp3) is 0.438. The van der Waals surface area contributed by atoms with Crippen molar-refractivity contribution in [1.29, 1.82) is 0 Å². The first-order valence-electron chi connectivity index (χ1n) is 8.01. The number of hydrogen-bond donors (Lipinski definition) is 2. The quantitative estimate of drug-likeness (QED) is 0.867. The van der Waals surface area contributed by atoms with Crippen molar-refractivity contribution in [3.8, 4) is 5.75 Å². The molecule has 0 fully saturated rings. The van der Waals surface area contributed by atoms with Crippen LogP contribution in [0.2, 0.25) is 5.02 Å². The summed E-state index contributed by atoms with van der Waals surface area (Å²) >= 11 is 5.97. The van der Waals surface area contributed by atoms with E-state index in [1.807, 2.05) is 0 Å². The fourth-order valence-electron chi connectivity index (χ4n) is 2.96. The third-order valence-corrected chi connectivity index (χ3v) is 4.48. The molecular weight excluding hydrogens is 346 g/mol. The van der Waals surface area contributed by atoms with Crippen LogP contribution in [0.5, 0.6) is 5.75 Å². The highest BCUT2D eigenvalue weighted by molar-refractivity contribution is 6.31. The van der Waals surface area contributed by atoms with Crippen LogP contribution in [0.4, 0.5) is 10.5 Å². The van der Waals surface area contributed by atoms with E-state index < -0.39 is 0 Å². The molecule has 1 unspecified atom stereocenters. The Morgan fingerprint density at radius 3 is 2.96 bits per heavy atom. The van der Waals surface area contributed by atoms with Gasteiger partial charge >= 0.3 is 11.7 Å². The van der Waals surface area contributed by atoms with Gasteiger partial charge in [-0.05, 0) is 31.0 Å². The van der Waals surface area contributed by atoms with Crippen LogP contribution in [0.25, 0.3) is 0 Å². The van der Waals surface area contributed by atoms with E-state index in [1.165, 1.54) is 11.8 Å². The number of fused-ring (bicyclic) bond motifs is 1. The van der Waals surface area contributed by atoms with Gasteiger partial charge in [0.15, 0.2) is 0 Å². The summed E-state index contributed by atoms with van der Waals surface area (Å²) in [5, 5.41) is 10.4. The Kier molecular flexibility index (Phi) is 4.98. The third kappa shape index (κ3) is 3.79. The zero-order chi connectivity index (χ0) is 18.0. The number of benzene rings is 1. The Morgan fingerprint density at radius 2 is 2.20 bits per heavy atom. The summed E-state index contributed by atoms with van der Waals surface area (Å²) in [5.74, 6) is 1.29. The first kappa shape index (κ1) is 17.3. The van der Waals surface area contributed by atoms with Gasteiger partial charge in [0.05, 0.1) is 12.8 Å². The topological polar surface area (TPSA) is 90.2 Å². The van der Waals surface area contributed by atoms with Gasteiger partial charge in [0.2, 0.25) is 0 Å². The summed E-state index contributed by atoms with van der Waals surface area (Å²) < 4.78 is 8.23. The van der Waals surface area contributed by atoms with E-state index in [1.54, 1.807) is 29.8 Å². The number of halogens is 1. The van der Waals surface area contributed by atoms with Crippen LogP contribution in [0, 0.1) is 0 Å². The van der Waals surface area contributed by atoms with Gasteiger partial charge in [0.25, 0.3) is 0 Å². The smallest absolute Gasteiger partial charge is 0.345 e. The number of hydrogen-bond acceptors (Lipinski definition) is 4. The van der Waals surface area contributed by atoms with Gasteiger partial charge in [-0.15, -0.1) is 0 Å². The number of nitrogens with zero attached hydrogens (tertiary/aromatic N) is 3. The summed E-state index contributed by atoms with van der Waals surface area (Å²) in [6, 6.07) is 4.64. The zero-order valence-electron chi connectivity index (χ0n) is 14.1. The molecule has 0 radical (unpaired) electrons. The van der Waals surface area contributed by atoms with E-state index in [0.29, 0.717) is 35.8 Å². The molecule has 134 valence electrons. The molecule has 1 aromatic heterocycles. The second kappa shape index (κ2) is 7.18. The number of aromatic nitrogens is 3. The van der Waals surface area contributed by atoms with Crippen LogP contribution in [0.3, 0.4) is 0 Å². The molecule has 0 aliphatic carbocycles. The minimum absolute atomic E-state index is 0.0448. The van der Waals surface area contributed by atoms with Crippen molar-refractivity contribution in [1.82, 2.24) is 19.7 Å². The van der Waals surface area contributed by atoms with Crippen molar-refractivity contribution in [3.63, 3.8) is 0 Å². The second-order valence-corrected chi connectivity index (χ2v) is 6.38. The lowest BCUT2D eigenvalue weighted by Gasteiger charge is -2.17. The average molecular weight is 366 g/mol. The number of urea groups is 1. The largest absolute Gasteiger partial charge is 0.495 e. The first-order chi connectivity index (χ1) is 12.0. The standard InChI is InChI=1S/C16H20ClN5O3/c1-21-16(24)22-8-7-11(4-6-14(22)20-21)18-15(23)19-12-9-10(17)3-5-13(12)25-2/h3,5,9,11H,4,6-8H2,1-2H3,(H2,18,19,23). The Hall–Kier alpha value is -2.48. The zero-order valence-corrected chi connectivity index (χ0v) is 14.8. The first-order valence-corrected chi connectivity index (χ1v) is 8.39. The fourth-order valence-corrected chi connectivity index (χ4v) is 3.14. The molecule has 8 nitrogen and oxygen atoms in total. The Labute approximate surface area is 149 Å². The summed E-state index contributed by atoms with van der Waals surface area (Å²) in [6.45, 7) is 0.535. The number of carbonyl (C=O) groups is 1. The van der Waals surface area contributed by atoms with Crippen molar-refractivity contribution in [2.75, 3.05) is 12.4 Å². The van der Waals surface area contributed by atoms with Crippen LogP contribution in [0.15, 0.2) is 23.0 Å². The molecule has 0 spiro atoms. The molecule has 2 heterocycles. The molecule has 25 heavy (non-hydrogen) atoms. The SMILES string of the molecule is COc1ccc(Cl)cc1NC(=O)NC1CCc2nn(C)c(=O)n2CC1. The minimum Gasteiger partial charge on any atom is -0.495 e. The van der Waals surface area contributed by atoms with Crippen LogP contribution >= 0.6 is 11.6 Å². The van der Waals surface area contributed by atoms with Gasteiger partial charge in [-0.3, -0.25) is 4.57 Å². The number of anilines is 1. The third-order valence-electron chi connectivity index (χ3n) is 4.25. The number of nitrogens with one attached hydrogen (secondary N) is 2.